The van der Waals surface area contributed by atoms with Gasteiger partial charge in [0.2, 0.25) is 5.91 Å². The van der Waals surface area contributed by atoms with Crippen molar-refractivity contribution in [3.8, 4) is 17.2 Å². The summed E-state index contributed by atoms with van der Waals surface area (Å²) < 4.78 is 12.6. The van der Waals surface area contributed by atoms with Crippen LogP contribution in [0.5, 0.6) is 11.5 Å². The molecule has 0 fully saturated rings. The molecule has 0 atom stereocenters. The van der Waals surface area contributed by atoms with Crippen molar-refractivity contribution in [3.05, 3.63) is 71.5 Å². The highest BCUT2D eigenvalue weighted by Crippen LogP contribution is 2.33. The number of carbonyl (C=O) groups is 1. The molecule has 6 heteroatoms. The van der Waals surface area contributed by atoms with E-state index < -0.39 is 0 Å². The molecular formula is C22H23N3O3. The molecule has 0 N–H and O–H groups in total. The monoisotopic (exact) mass is 377 g/mol. The van der Waals surface area contributed by atoms with Crippen molar-refractivity contribution in [2.75, 3.05) is 20.8 Å². The molecule has 4 rings (SSSR count). The van der Waals surface area contributed by atoms with Crippen molar-refractivity contribution in [2.24, 2.45) is 0 Å². The number of rotatable bonds is 5. The maximum atomic E-state index is 12.8. The smallest absolute Gasteiger partial charge is 0.227 e. The maximum Gasteiger partial charge on any atom is 0.227 e. The summed E-state index contributed by atoms with van der Waals surface area (Å²) in [5.41, 5.74) is 4.21. The Labute approximate surface area is 164 Å². The van der Waals surface area contributed by atoms with E-state index in [0.717, 1.165) is 29.0 Å². The van der Waals surface area contributed by atoms with Crippen molar-refractivity contribution in [3.63, 3.8) is 0 Å². The number of aromatic nitrogens is 2. The zero-order valence-corrected chi connectivity index (χ0v) is 16.1. The normalized spacial score (nSPS) is 13.1. The summed E-state index contributed by atoms with van der Waals surface area (Å²) in [6.07, 6.45) is 4.83. The minimum absolute atomic E-state index is 0.105. The van der Waals surface area contributed by atoms with Crippen LogP contribution in [0.15, 0.2) is 54.9 Å². The van der Waals surface area contributed by atoms with Crippen LogP contribution in [-0.2, 0) is 24.2 Å². The van der Waals surface area contributed by atoms with Gasteiger partial charge >= 0.3 is 0 Å². The first kappa shape index (κ1) is 18.1. The number of fused-ring (bicyclic) bond motifs is 1. The van der Waals surface area contributed by atoms with Crippen molar-refractivity contribution in [2.45, 2.75) is 19.4 Å². The predicted octanol–water partition coefficient (Wildman–Crippen LogP) is 3.02. The lowest BCUT2D eigenvalue weighted by Crippen LogP contribution is -2.36. The minimum Gasteiger partial charge on any atom is -0.493 e. The molecule has 6 nitrogen and oxygen atoms in total. The van der Waals surface area contributed by atoms with E-state index in [1.54, 1.807) is 25.1 Å². The largest absolute Gasteiger partial charge is 0.493 e. The third-order valence-corrected chi connectivity index (χ3v) is 5.08. The number of para-hydroxylation sites is 1. The molecule has 2 heterocycles. The molecule has 0 aliphatic carbocycles. The third-order valence-electron chi connectivity index (χ3n) is 5.08. The van der Waals surface area contributed by atoms with Gasteiger partial charge in [0.1, 0.15) is 0 Å². The van der Waals surface area contributed by atoms with Crippen LogP contribution in [0.25, 0.3) is 5.69 Å². The molecule has 0 radical (unpaired) electrons. The lowest BCUT2D eigenvalue weighted by Gasteiger charge is -2.29. The van der Waals surface area contributed by atoms with E-state index >= 15 is 0 Å². The third kappa shape index (κ3) is 3.58. The average molecular weight is 377 g/mol. The first-order valence-electron chi connectivity index (χ1n) is 9.28. The van der Waals surface area contributed by atoms with E-state index in [0.29, 0.717) is 25.3 Å². The van der Waals surface area contributed by atoms with Crippen LogP contribution in [0, 0.1) is 0 Å². The second-order valence-corrected chi connectivity index (χ2v) is 6.85. The number of nitrogens with zero attached hydrogens (tertiary/aromatic N) is 3. The summed E-state index contributed by atoms with van der Waals surface area (Å²) >= 11 is 0. The Bertz CT molecular complexity index is 982. The van der Waals surface area contributed by atoms with Gasteiger partial charge in [-0.05, 0) is 47.4 Å². The van der Waals surface area contributed by atoms with Crippen molar-refractivity contribution < 1.29 is 14.3 Å². The molecule has 28 heavy (non-hydrogen) atoms. The fraction of sp³-hybridized carbons (Fsp3) is 0.273. The Morgan fingerprint density at radius 2 is 1.79 bits per heavy atom. The van der Waals surface area contributed by atoms with Gasteiger partial charge in [-0.15, -0.1) is 0 Å². The van der Waals surface area contributed by atoms with E-state index in [-0.39, 0.29) is 5.91 Å². The van der Waals surface area contributed by atoms with E-state index in [9.17, 15) is 4.79 Å². The zero-order valence-electron chi connectivity index (χ0n) is 16.1. The molecule has 0 spiro atoms. The molecule has 3 aromatic rings. The number of benzene rings is 2. The molecule has 1 aromatic heterocycles. The average Bonchev–Trinajstić information content (AvgIpc) is 3.21. The molecule has 2 aromatic carbocycles. The molecular weight excluding hydrogens is 354 g/mol. The molecule has 0 saturated heterocycles. The molecule has 1 aliphatic rings. The first-order valence-corrected chi connectivity index (χ1v) is 9.28. The van der Waals surface area contributed by atoms with Crippen molar-refractivity contribution in [1.82, 2.24) is 14.7 Å². The van der Waals surface area contributed by atoms with Gasteiger partial charge in [-0.2, -0.15) is 5.10 Å². The highest BCUT2D eigenvalue weighted by Gasteiger charge is 2.23. The maximum absolute atomic E-state index is 12.8. The lowest BCUT2D eigenvalue weighted by atomic mass is 9.98. The summed E-state index contributed by atoms with van der Waals surface area (Å²) in [5.74, 6) is 1.53. The van der Waals surface area contributed by atoms with Crippen LogP contribution in [0.4, 0.5) is 0 Å². The number of hydrogen-bond donors (Lipinski definition) is 0. The highest BCUT2D eigenvalue weighted by molar-refractivity contribution is 5.79. The molecule has 0 bridgehead atoms. The Kier molecular flexibility index (Phi) is 5.02. The molecule has 1 aliphatic heterocycles. The number of methoxy groups -OCH3 is 2. The lowest BCUT2D eigenvalue weighted by molar-refractivity contribution is -0.131. The molecule has 0 unspecified atom stereocenters. The van der Waals surface area contributed by atoms with Crippen LogP contribution < -0.4 is 9.47 Å². The fourth-order valence-corrected chi connectivity index (χ4v) is 3.56. The van der Waals surface area contributed by atoms with Gasteiger partial charge in [0.05, 0.1) is 32.5 Å². The van der Waals surface area contributed by atoms with E-state index in [1.165, 1.54) is 5.56 Å². The standard InChI is InChI=1S/C22H23N3O3/c1-27-20-11-17-8-9-24(15-18(17)12-21(20)28-2)22(26)10-16-13-23-25(14-16)19-6-4-3-5-7-19/h3-7,11-14H,8-10,15H2,1-2H3. The zero-order chi connectivity index (χ0) is 19.5. The summed E-state index contributed by atoms with van der Waals surface area (Å²) in [7, 11) is 3.26. The number of ether oxygens (including phenoxy) is 2. The first-order chi connectivity index (χ1) is 13.7. The SMILES string of the molecule is COc1cc2c(cc1OC)CN(C(=O)Cc1cnn(-c3ccccc3)c1)CC2. The van der Waals surface area contributed by atoms with Gasteiger partial charge in [0, 0.05) is 19.3 Å². The van der Waals surface area contributed by atoms with Crippen LogP contribution in [0.1, 0.15) is 16.7 Å². The number of hydrogen-bond acceptors (Lipinski definition) is 4. The van der Waals surface area contributed by atoms with E-state index in [4.69, 9.17) is 9.47 Å². The van der Waals surface area contributed by atoms with Gasteiger partial charge in [0.25, 0.3) is 0 Å². The van der Waals surface area contributed by atoms with Gasteiger partial charge < -0.3 is 14.4 Å². The Morgan fingerprint density at radius 3 is 2.50 bits per heavy atom. The van der Waals surface area contributed by atoms with Crippen LogP contribution in [0.3, 0.4) is 0 Å². The highest BCUT2D eigenvalue weighted by atomic mass is 16.5. The van der Waals surface area contributed by atoms with E-state index in [1.807, 2.05) is 53.6 Å². The van der Waals surface area contributed by atoms with Crippen LogP contribution >= 0.6 is 0 Å². The minimum atomic E-state index is 0.105. The Hall–Kier alpha value is -3.28. The van der Waals surface area contributed by atoms with E-state index in [2.05, 4.69) is 5.10 Å². The second-order valence-electron chi connectivity index (χ2n) is 6.85. The van der Waals surface area contributed by atoms with Gasteiger partial charge in [-0.25, -0.2) is 4.68 Å². The van der Waals surface area contributed by atoms with Crippen LogP contribution in [0.2, 0.25) is 0 Å². The fourth-order valence-electron chi connectivity index (χ4n) is 3.56. The van der Waals surface area contributed by atoms with Gasteiger partial charge in [-0.1, -0.05) is 18.2 Å². The topological polar surface area (TPSA) is 56.6 Å². The van der Waals surface area contributed by atoms with Crippen molar-refractivity contribution in [1.29, 1.82) is 0 Å². The predicted molar refractivity (Wildman–Crippen MR) is 106 cm³/mol. The summed E-state index contributed by atoms with van der Waals surface area (Å²) in [4.78, 5) is 14.7. The Morgan fingerprint density at radius 1 is 1.07 bits per heavy atom. The summed E-state index contributed by atoms with van der Waals surface area (Å²) in [6.45, 7) is 1.29. The quantitative estimate of drug-likeness (QED) is 0.686. The number of amides is 1. The summed E-state index contributed by atoms with van der Waals surface area (Å²) in [5, 5.41) is 4.38. The van der Waals surface area contributed by atoms with Gasteiger partial charge in [-0.3, -0.25) is 4.79 Å². The number of carbonyl (C=O) groups excluding carboxylic acids is 1. The molecule has 144 valence electrons. The summed E-state index contributed by atoms with van der Waals surface area (Å²) in [6, 6.07) is 13.9. The molecule has 1 amide bonds. The van der Waals surface area contributed by atoms with Crippen LogP contribution in [-0.4, -0.2) is 41.4 Å². The van der Waals surface area contributed by atoms with Gasteiger partial charge in [0.15, 0.2) is 11.5 Å². The van der Waals surface area contributed by atoms with Crippen molar-refractivity contribution >= 4 is 5.91 Å². The molecule has 0 saturated carbocycles. The Balaban J connectivity index is 1.46. The second kappa shape index (κ2) is 7.76.